The van der Waals surface area contributed by atoms with E-state index in [1.165, 1.54) is 17.7 Å². The Morgan fingerprint density at radius 2 is 1.85 bits per heavy atom. The van der Waals surface area contributed by atoms with E-state index in [1.54, 1.807) is 41.7 Å². The van der Waals surface area contributed by atoms with Crippen molar-refractivity contribution in [3.63, 3.8) is 0 Å². The second-order valence-corrected chi connectivity index (χ2v) is 8.60. The highest BCUT2D eigenvalue weighted by atomic mass is 32.1. The normalized spacial score (nSPS) is 13.1. The van der Waals surface area contributed by atoms with Crippen LogP contribution in [-0.2, 0) is 0 Å². The molecular weight excluding hydrogens is 449 g/mol. The van der Waals surface area contributed by atoms with Crippen LogP contribution in [-0.4, -0.2) is 17.8 Å². The van der Waals surface area contributed by atoms with E-state index in [0.717, 1.165) is 4.88 Å². The zero-order chi connectivity index (χ0) is 24.0. The van der Waals surface area contributed by atoms with Crippen molar-refractivity contribution in [2.24, 2.45) is 0 Å². The highest BCUT2D eigenvalue weighted by Gasteiger charge is 2.26. The van der Waals surface area contributed by atoms with Crippen LogP contribution in [0.2, 0.25) is 0 Å². The number of halogens is 3. The van der Waals surface area contributed by atoms with Crippen LogP contribution in [0.15, 0.2) is 47.3 Å². The van der Waals surface area contributed by atoms with E-state index < -0.39 is 18.2 Å². The monoisotopic (exact) mass is 474 g/mol. The molecule has 2 aromatic heterocycles. The van der Waals surface area contributed by atoms with Crippen molar-refractivity contribution < 1.29 is 17.9 Å². The first-order chi connectivity index (χ1) is 15.8. The van der Waals surface area contributed by atoms with E-state index in [9.17, 15) is 23.2 Å². The number of nitrogens with zero attached hydrogens (tertiary/aromatic N) is 1. The van der Waals surface area contributed by atoms with Crippen molar-refractivity contribution in [3.8, 4) is 33.5 Å². The average Bonchev–Trinajstić information content (AvgIpc) is 3.54. The summed E-state index contributed by atoms with van der Waals surface area (Å²) in [5.41, 5.74) is 1.50. The van der Waals surface area contributed by atoms with Gasteiger partial charge < -0.3 is 9.72 Å². The third-order valence-corrected chi connectivity index (χ3v) is 6.34. The first-order valence-electron chi connectivity index (χ1n) is 10.9. The number of hydrogen-bond donors (Lipinski definition) is 1. The minimum absolute atomic E-state index is 0.0294. The molecule has 0 unspecified atom stereocenters. The fourth-order valence-electron chi connectivity index (χ4n) is 3.30. The van der Waals surface area contributed by atoms with E-state index in [1.807, 2.05) is 26.0 Å². The molecule has 1 aromatic carbocycles. The number of H-pyrrole nitrogens is 1. The molecule has 1 fully saturated rings. The first kappa shape index (κ1) is 24.6. The van der Waals surface area contributed by atoms with E-state index in [4.69, 9.17) is 4.74 Å². The van der Waals surface area contributed by atoms with Gasteiger partial charge in [-0.15, -0.1) is 11.3 Å². The minimum Gasteiger partial charge on any atom is -0.494 e. The van der Waals surface area contributed by atoms with Gasteiger partial charge in [-0.3, -0.25) is 4.79 Å². The first-order valence-corrected chi connectivity index (χ1v) is 11.7. The van der Waals surface area contributed by atoms with Gasteiger partial charge in [0, 0.05) is 27.4 Å². The lowest BCUT2D eigenvalue weighted by atomic mass is 10.0. The molecule has 0 saturated heterocycles. The summed E-state index contributed by atoms with van der Waals surface area (Å²) in [5.74, 6) is 1.05. The van der Waals surface area contributed by atoms with Crippen LogP contribution < -0.4 is 10.3 Å². The van der Waals surface area contributed by atoms with Gasteiger partial charge in [-0.2, -0.15) is 18.4 Å². The molecule has 1 aliphatic carbocycles. The largest absolute Gasteiger partial charge is 0.494 e. The molecule has 0 bridgehead atoms. The van der Waals surface area contributed by atoms with Crippen LogP contribution in [0.3, 0.4) is 0 Å². The number of aromatic amines is 1. The lowest BCUT2D eigenvalue weighted by Gasteiger charge is -2.10. The summed E-state index contributed by atoms with van der Waals surface area (Å²) in [6, 6.07) is 14.6. The van der Waals surface area contributed by atoms with Crippen LogP contribution >= 0.6 is 11.3 Å². The number of rotatable bonds is 7. The number of nitriles is 1. The third kappa shape index (κ3) is 6.48. The van der Waals surface area contributed by atoms with Crippen molar-refractivity contribution >= 4 is 11.3 Å². The number of thiophene rings is 1. The second-order valence-electron chi connectivity index (χ2n) is 7.48. The number of nitrogens with one attached hydrogen (secondary N) is 1. The van der Waals surface area contributed by atoms with Gasteiger partial charge in [0.1, 0.15) is 17.4 Å². The molecule has 4 nitrogen and oxygen atoms in total. The van der Waals surface area contributed by atoms with E-state index >= 15 is 0 Å². The molecule has 0 atom stereocenters. The molecule has 174 valence electrons. The number of ether oxygens (including phenoxy) is 1. The smallest absolute Gasteiger partial charge is 0.389 e. The zero-order valence-electron chi connectivity index (χ0n) is 18.5. The molecule has 1 saturated carbocycles. The highest BCUT2D eigenvalue weighted by Crippen LogP contribution is 2.45. The maximum Gasteiger partial charge on any atom is 0.389 e. The number of aromatic nitrogens is 1. The Kier molecular flexibility index (Phi) is 7.98. The Hall–Kier alpha value is -3.05. The average molecular weight is 475 g/mol. The number of pyridine rings is 1. The lowest BCUT2D eigenvalue weighted by Crippen LogP contribution is -2.12. The summed E-state index contributed by atoms with van der Waals surface area (Å²) >= 11 is 1.61. The fourth-order valence-corrected chi connectivity index (χ4v) is 4.50. The zero-order valence-corrected chi connectivity index (χ0v) is 19.3. The van der Waals surface area contributed by atoms with Crippen LogP contribution in [0.4, 0.5) is 13.2 Å². The molecule has 0 radical (unpaired) electrons. The van der Waals surface area contributed by atoms with Gasteiger partial charge in [-0.1, -0.05) is 13.8 Å². The number of benzene rings is 1. The molecule has 33 heavy (non-hydrogen) atoms. The predicted octanol–water partition coefficient (Wildman–Crippen LogP) is 7.27. The van der Waals surface area contributed by atoms with Crippen molar-refractivity contribution in [1.82, 2.24) is 4.98 Å². The maximum atomic E-state index is 12.5. The Bertz CT molecular complexity index is 1170. The van der Waals surface area contributed by atoms with Crippen molar-refractivity contribution in [2.45, 2.75) is 51.6 Å². The van der Waals surface area contributed by atoms with Crippen LogP contribution in [0, 0.1) is 11.3 Å². The van der Waals surface area contributed by atoms with Crippen molar-refractivity contribution in [1.29, 1.82) is 5.26 Å². The standard InChI is InChI=1S/C23H19F3N2O2S.C2H6/c24-23(25,26)10-1-11-30-16-6-4-14(5-7-16)19-12-17(18(13-27)22(29)28-19)21-9-8-20(31-21)15-2-3-15;1-2/h4-9,12,15H,1-3,10-11H2,(H,28,29);1-2H3. The number of hydrogen-bond acceptors (Lipinski definition) is 4. The van der Waals surface area contributed by atoms with Crippen LogP contribution in [0.1, 0.15) is 55.9 Å². The quantitative estimate of drug-likeness (QED) is 0.366. The molecule has 1 N–H and O–H groups in total. The lowest BCUT2D eigenvalue weighted by molar-refractivity contribution is -0.136. The molecule has 0 aliphatic heterocycles. The van der Waals surface area contributed by atoms with Gasteiger partial charge >= 0.3 is 6.18 Å². The molecule has 0 spiro atoms. The summed E-state index contributed by atoms with van der Waals surface area (Å²) in [6.07, 6.45) is -2.83. The van der Waals surface area contributed by atoms with Gasteiger partial charge in [0.15, 0.2) is 0 Å². The third-order valence-electron chi connectivity index (χ3n) is 5.06. The highest BCUT2D eigenvalue weighted by molar-refractivity contribution is 7.15. The van der Waals surface area contributed by atoms with Crippen LogP contribution in [0.5, 0.6) is 5.75 Å². The fraction of sp³-hybridized carbons (Fsp3) is 0.360. The minimum atomic E-state index is -4.19. The van der Waals surface area contributed by atoms with Crippen molar-refractivity contribution in [3.05, 3.63) is 63.3 Å². The van der Waals surface area contributed by atoms with Crippen molar-refractivity contribution in [2.75, 3.05) is 6.61 Å². The maximum absolute atomic E-state index is 12.5. The van der Waals surface area contributed by atoms with E-state index in [0.29, 0.717) is 28.5 Å². The second kappa shape index (κ2) is 10.7. The topological polar surface area (TPSA) is 65.9 Å². The van der Waals surface area contributed by atoms with Gasteiger partial charge in [0.05, 0.1) is 6.61 Å². The van der Waals surface area contributed by atoms with E-state index in [2.05, 4.69) is 11.1 Å². The summed E-state index contributed by atoms with van der Waals surface area (Å²) in [4.78, 5) is 17.4. The Balaban J connectivity index is 0.00000149. The van der Waals surface area contributed by atoms with Gasteiger partial charge in [0.25, 0.3) is 5.56 Å². The summed E-state index contributed by atoms with van der Waals surface area (Å²) in [6.45, 7) is 3.97. The molecule has 3 aromatic rings. The summed E-state index contributed by atoms with van der Waals surface area (Å²) < 4.78 is 42.0. The molecule has 8 heteroatoms. The Morgan fingerprint density at radius 3 is 2.45 bits per heavy atom. The SMILES string of the molecule is CC.N#Cc1c(-c2ccc(C3CC3)s2)cc(-c2ccc(OCCCC(F)(F)F)cc2)[nH]c1=O. The van der Waals surface area contributed by atoms with Gasteiger partial charge in [0.2, 0.25) is 0 Å². The molecule has 2 heterocycles. The summed E-state index contributed by atoms with van der Waals surface area (Å²) in [5, 5.41) is 9.49. The summed E-state index contributed by atoms with van der Waals surface area (Å²) in [7, 11) is 0. The molecule has 4 rings (SSSR count). The van der Waals surface area contributed by atoms with Gasteiger partial charge in [-0.25, -0.2) is 0 Å². The molecule has 0 amide bonds. The Morgan fingerprint density at radius 1 is 1.15 bits per heavy atom. The van der Waals surface area contributed by atoms with Crippen LogP contribution in [0.25, 0.3) is 21.7 Å². The molecule has 1 aliphatic rings. The predicted molar refractivity (Wildman–Crippen MR) is 125 cm³/mol. The Labute approximate surface area is 194 Å². The van der Waals surface area contributed by atoms with Gasteiger partial charge in [-0.05, 0) is 73.2 Å². The molecular formula is C25H25F3N2O2S. The van der Waals surface area contributed by atoms with E-state index in [-0.39, 0.29) is 18.6 Å². The number of alkyl halides is 3.